The smallest absolute Gasteiger partial charge is 0.268 e. The lowest BCUT2D eigenvalue weighted by Crippen LogP contribution is -2.13. The molecule has 0 radical (unpaired) electrons. The molecule has 0 saturated carbocycles. The van der Waals surface area contributed by atoms with Crippen LogP contribution in [0.1, 0.15) is 23.6 Å². The Balaban J connectivity index is 1.60. The number of halogens is 1. The van der Waals surface area contributed by atoms with E-state index in [9.17, 15) is 18.5 Å². The fourth-order valence-corrected chi connectivity index (χ4v) is 4.87. The van der Waals surface area contributed by atoms with Gasteiger partial charge in [0, 0.05) is 11.5 Å². The fraction of sp³-hybridized carbons (Fsp3) is 0.250. The highest BCUT2D eigenvalue weighted by Gasteiger charge is 2.20. The Morgan fingerprint density at radius 3 is 2.50 bits per heavy atom. The number of hydrogen-bond acceptors (Lipinski definition) is 9. The summed E-state index contributed by atoms with van der Waals surface area (Å²) in [5.41, 5.74) is 2.50. The van der Waals surface area contributed by atoms with Gasteiger partial charge < -0.3 is 9.47 Å². The minimum atomic E-state index is -3.60. The maximum atomic E-state index is 12.5. The topological polar surface area (TPSA) is 131 Å². The zero-order valence-electron chi connectivity index (χ0n) is 19.7. The summed E-state index contributed by atoms with van der Waals surface area (Å²) >= 11 is 7.02. The van der Waals surface area contributed by atoms with Crippen LogP contribution in [-0.4, -0.2) is 42.6 Å². The molecule has 3 aromatic rings. The van der Waals surface area contributed by atoms with Crippen molar-refractivity contribution >= 4 is 50.1 Å². The third-order valence-electron chi connectivity index (χ3n) is 4.72. The van der Waals surface area contributed by atoms with Crippen LogP contribution < -0.4 is 14.8 Å². The number of carbonyl (C=O) groups is 1. The molecule has 9 nitrogen and oxygen atoms in total. The second-order valence-electron chi connectivity index (χ2n) is 7.62. The molecule has 1 N–H and O–H groups in total. The molecule has 36 heavy (non-hydrogen) atoms. The molecular weight excluding hydrogens is 524 g/mol. The molecule has 0 fully saturated rings. The Morgan fingerprint density at radius 1 is 1.17 bits per heavy atom. The molecule has 1 amide bonds. The molecule has 0 unspecified atom stereocenters. The van der Waals surface area contributed by atoms with Gasteiger partial charge in [-0.15, -0.1) is 0 Å². The second kappa shape index (κ2) is 12.0. The number of sulfone groups is 1. The highest BCUT2D eigenvalue weighted by molar-refractivity contribution is 7.91. The van der Waals surface area contributed by atoms with Crippen molar-refractivity contribution in [2.24, 2.45) is 0 Å². The summed E-state index contributed by atoms with van der Waals surface area (Å²) in [6.45, 7) is 6.06. The van der Waals surface area contributed by atoms with Gasteiger partial charge in [0.05, 0.1) is 10.8 Å². The van der Waals surface area contributed by atoms with Crippen LogP contribution in [0.3, 0.4) is 0 Å². The van der Waals surface area contributed by atoms with Crippen molar-refractivity contribution in [3.05, 3.63) is 63.7 Å². The molecule has 0 saturated heterocycles. The molecule has 3 rings (SSSR count). The van der Waals surface area contributed by atoms with E-state index < -0.39 is 15.7 Å². The van der Waals surface area contributed by atoms with Crippen LogP contribution >= 0.6 is 23.1 Å². The Bertz CT molecular complexity index is 1420. The van der Waals surface area contributed by atoms with Crippen LogP contribution in [0.4, 0.5) is 5.13 Å². The lowest BCUT2D eigenvalue weighted by atomic mass is 10.1. The van der Waals surface area contributed by atoms with Crippen LogP contribution in [-0.2, 0) is 14.6 Å². The van der Waals surface area contributed by atoms with Crippen LogP contribution in [0.2, 0.25) is 5.02 Å². The molecule has 2 aromatic carbocycles. The van der Waals surface area contributed by atoms with Gasteiger partial charge in [-0.1, -0.05) is 30.7 Å². The number of nitrogens with zero attached hydrogens (tertiary/aromatic N) is 3. The molecule has 1 aromatic heterocycles. The number of ether oxygens (including phenoxy) is 2. The maximum Gasteiger partial charge on any atom is 0.268 e. The van der Waals surface area contributed by atoms with Crippen molar-refractivity contribution in [1.82, 2.24) is 9.36 Å². The van der Waals surface area contributed by atoms with E-state index in [0.717, 1.165) is 16.9 Å². The summed E-state index contributed by atoms with van der Waals surface area (Å²) < 4.78 is 38.8. The Kier molecular flexibility index (Phi) is 9.03. The first-order valence-corrected chi connectivity index (χ1v) is 13.5. The van der Waals surface area contributed by atoms with Gasteiger partial charge >= 0.3 is 0 Å². The largest absolute Gasteiger partial charge is 0.490 e. The van der Waals surface area contributed by atoms with Crippen molar-refractivity contribution in [1.29, 1.82) is 5.26 Å². The van der Waals surface area contributed by atoms with Gasteiger partial charge in [-0.2, -0.15) is 14.6 Å². The van der Waals surface area contributed by atoms with Gasteiger partial charge in [0.2, 0.25) is 15.0 Å². The molecule has 12 heteroatoms. The van der Waals surface area contributed by atoms with E-state index >= 15 is 0 Å². The first-order valence-electron chi connectivity index (χ1n) is 10.7. The molecule has 188 valence electrons. The Labute approximate surface area is 218 Å². The Hall–Kier alpha value is -3.46. The minimum Gasteiger partial charge on any atom is -0.490 e. The summed E-state index contributed by atoms with van der Waals surface area (Å²) in [5, 5.41) is 11.7. The number of carbonyl (C=O) groups excluding carboxylic acids is 1. The van der Waals surface area contributed by atoms with Gasteiger partial charge in [-0.3, -0.25) is 10.1 Å². The first kappa shape index (κ1) is 27.1. The lowest BCUT2D eigenvalue weighted by Gasteiger charge is -2.11. The number of amides is 1. The predicted octanol–water partition coefficient (Wildman–Crippen LogP) is 4.61. The van der Waals surface area contributed by atoms with E-state index in [1.54, 1.807) is 18.2 Å². The van der Waals surface area contributed by atoms with Crippen molar-refractivity contribution < 1.29 is 22.7 Å². The van der Waals surface area contributed by atoms with E-state index in [0.29, 0.717) is 34.5 Å². The third-order valence-corrected chi connectivity index (χ3v) is 7.26. The average Bonchev–Trinajstić information content (AvgIpc) is 3.30. The molecule has 1 heterocycles. The summed E-state index contributed by atoms with van der Waals surface area (Å²) in [7, 11) is -3.60. The van der Waals surface area contributed by atoms with E-state index in [4.69, 9.17) is 21.1 Å². The molecule has 0 atom stereocenters. The van der Waals surface area contributed by atoms with E-state index in [-0.39, 0.29) is 28.2 Å². The standard InChI is InChI=1S/C24H23ClN4O5S2/c1-4-36(31,32)24-28-23(35-29-24)27-22(30)18(14-26)12-17-5-6-21(20(25)13-17)34-8-7-33-19-10-15(2)9-16(3)11-19/h5-6,9-13H,4,7-8H2,1-3H3,(H,27,28,29,30). The van der Waals surface area contributed by atoms with Crippen molar-refractivity contribution in [3.63, 3.8) is 0 Å². The van der Waals surface area contributed by atoms with E-state index in [1.807, 2.05) is 32.0 Å². The van der Waals surface area contributed by atoms with Crippen molar-refractivity contribution in [2.75, 3.05) is 24.3 Å². The number of benzene rings is 2. The van der Waals surface area contributed by atoms with E-state index in [2.05, 4.69) is 20.7 Å². The highest BCUT2D eigenvalue weighted by Crippen LogP contribution is 2.27. The molecule has 0 aliphatic rings. The van der Waals surface area contributed by atoms with E-state index in [1.165, 1.54) is 13.0 Å². The predicted molar refractivity (Wildman–Crippen MR) is 138 cm³/mol. The maximum absolute atomic E-state index is 12.5. The van der Waals surface area contributed by atoms with Crippen LogP contribution in [0.25, 0.3) is 6.08 Å². The SMILES string of the molecule is CCS(=O)(=O)c1nsc(NC(=O)C(C#N)=Cc2ccc(OCCOc3cc(C)cc(C)c3)c(Cl)c2)n1. The quantitative estimate of drug-likeness (QED) is 0.221. The highest BCUT2D eigenvalue weighted by atomic mass is 35.5. The van der Waals surface area contributed by atoms with Gasteiger partial charge in [0.1, 0.15) is 36.4 Å². The normalized spacial score (nSPS) is 11.6. The van der Waals surface area contributed by atoms with Crippen molar-refractivity contribution in [3.8, 4) is 17.6 Å². The van der Waals surface area contributed by atoms with Crippen LogP contribution in [0, 0.1) is 25.2 Å². The van der Waals surface area contributed by atoms with Gasteiger partial charge in [0.25, 0.3) is 11.1 Å². The zero-order valence-corrected chi connectivity index (χ0v) is 22.1. The summed E-state index contributed by atoms with van der Waals surface area (Å²) in [6, 6.07) is 12.6. The molecule has 0 aliphatic carbocycles. The number of nitrogens with one attached hydrogen (secondary N) is 1. The number of hydrogen-bond donors (Lipinski definition) is 1. The number of aromatic nitrogens is 2. The number of anilines is 1. The Morgan fingerprint density at radius 2 is 1.86 bits per heavy atom. The third kappa shape index (κ3) is 7.27. The summed E-state index contributed by atoms with van der Waals surface area (Å²) in [5.74, 6) is 0.274. The monoisotopic (exact) mass is 546 g/mol. The summed E-state index contributed by atoms with van der Waals surface area (Å²) in [6.07, 6.45) is 1.35. The van der Waals surface area contributed by atoms with Gasteiger partial charge in [-0.25, -0.2) is 8.42 Å². The zero-order chi connectivity index (χ0) is 26.3. The number of nitriles is 1. The van der Waals surface area contributed by atoms with Gasteiger partial charge in [-0.05, 0) is 60.9 Å². The number of rotatable bonds is 10. The summed E-state index contributed by atoms with van der Waals surface area (Å²) in [4.78, 5) is 16.3. The fourth-order valence-electron chi connectivity index (χ4n) is 3.05. The van der Waals surface area contributed by atoms with Gasteiger partial charge in [0.15, 0.2) is 0 Å². The minimum absolute atomic E-state index is 0.0296. The molecule has 0 bridgehead atoms. The lowest BCUT2D eigenvalue weighted by molar-refractivity contribution is -0.112. The molecule has 0 spiro atoms. The average molecular weight is 547 g/mol. The van der Waals surface area contributed by atoms with Crippen molar-refractivity contribution in [2.45, 2.75) is 25.9 Å². The number of aryl methyl sites for hydroxylation is 2. The van der Waals surface area contributed by atoms with Crippen LogP contribution in [0.15, 0.2) is 47.1 Å². The molecular formula is C24H23ClN4O5S2. The van der Waals surface area contributed by atoms with Crippen LogP contribution in [0.5, 0.6) is 11.5 Å². The molecule has 0 aliphatic heterocycles. The second-order valence-corrected chi connectivity index (χ2v) is 11.0. The first-order chi connectivity index (χ1) is 17.1.